The minimum absolute atomic E-state index is 0.00295. The molecule has 3 N–H and O–H groups in total. The number of carbonyl (C=O) groups excluding carboxylic acids is 1. The lowest BCUT2D eigenvalue weighted by molar-refractivity contribution is -0.123. The van der Waals surface area contributed by atoms with E-state index >= 15 is 0 Å². The zero-order valence-electron chi connectivity index (χ0n) is 8.42. The summed E-state index contributed by atoms with van der Waals surface area (Å²) < 4.78 is 1.36. The molecule has 1 unspecified atom stereocenters. The molecule has 1 aromatic rings. The third-order valence-electron chi connectivity index (χ3n) is 1.78. The van der Waals surface area contributed by atoms with Crippen LogP contribution in [0.15, 0.2) is 12.4 Å². The van der Waals surface area contributed by atoms with E-state index in [0.717, 1.165) is 0 Å². The van der Waals surface area contributed by atoms with Crippen LogP contribution in [0.5, 0.6) is 0 Å². The standard InChI is InChI=1S/C8H14N4O3/c1-8(15,6-13)5-9-7(14)4-12-3-2-10-11-12/h2-3,13,15H,4-6H2,1H3,(H,9,14). The Bertz CT molecular complexity index is 310. The summed E-state index contributed by atoms with van der Waals surface area (Å²) in [5.41, 5.74) is -1.29. The van der Waals surface area contributed by atoms with Gasteiger partial charge in [-0.2, -0.15) is 0 Å². The Hall–Kier alpha value is -1.47. The maximum atomic E-state index is 11.3. The van der Waals surface area contributed by atoms with Gasteiger partial charge >= 0.3 is 0 Å². The minimum Gasteiger partial charge on any atom is -0.393 e. The lowest BCUT2D eigenvalue weighted by Gasteiger charge is -2.20. The normalized spacial score (nSPS) is 14.6. The average Bonchev–Trinajstić information content (AvgIpc) is 2.68. The third kappa shape index (κ3) is 4.05. The van der Waals surface area contributed by atoms with E-state index in [1.54, 1.807) is 6.20 Å². The summed E-state index contributed by atoms with van der Waals surface area (Å²) in [5, 5.41) is 27.8. The number of nitrogens with zero attached hydrogens (tertiary/aromatic N) is 3. The first kappa shape index (κ1) is 11.6. The molecule has 7 heteroatoms. The summed E-state index contributed by atoms with van der Waals surface area (Å²) in [5.74, 6) is -0.297. The molecule has 0 aliphatic rings. The maximum Gasteiger partial charge on any atom is 0.241 e. The molecule has 84 valence electrons. The molecular weight excluding hydrogens is 200 g/mol. The van der Waals surface area contributed by atoms with Gasteiger partial charge in [0.15, 0.2) is 0 Å². The Morgan fingerprint density at radius 2 is 2.40 bits per heavy atom. The van der Waals surface area contributed by atoms with Gasteiger partial charge in [-0.05, 0) is 6.92 Å². The molecular formula is C8H14N4O3. The second-order valence-corrected chi connectivity index (χ2v) is 3.53. The Morgan fingerprint density at radius 3 is 2.93 bits per heavy atom. The molecule has 0 bridgehead atoms. The average molecular weight is 214 g/mol. The fraction of sp³-hybridized carbons (Fsp3) is 0.625. The van der Waals surface area contributed by atoms with E-state index < -0.39 is 12.2 Å². The van der Waals surface area contributed by atoms with E-state index in [4.69, 9.17) is 5.11 Å². The van der Waals surface area contributed by atoms with Crippen molar-refractivity contribution in [3.63, 3.8) is 0 Å². The van der Waals surface area contributed by atoms with Gasteiger partial charge in [-0.1, -0.05) is 5.21 Å². The number of aromatic nitrogens is 3. The van der Waals surface area contributed by atoms with Gasteiger partial charge in [0.1, 0.15) is 12.1 Å². The number of aliphatic hydroxyl groups is 2. The molecule has 0 radical (unpaired) electrons. The highest BCUT2D eigenvalue weighted by molar-refractivity contribution is 5.75. The Morgan fingerprint density at radius 1 is 1.67 bits per heavy atom. The summed E-state index contributed by atoms with van der Waals surface area (Å²) in [6.07, 6.45) is 3.03. The van der Waals surface area contributed by atoms with Crippen molar-refractivity contribution in [2.45, 2.75) is 19.1 Å². The molecule has 0 saturated carbocycles. The van der Waals surface area contributed by atoms with Crippen molar-refractivity contribution in [1.29, 1.82) is 0 Å². The Labute approximate surface area is 86.7 Å². The summed E-state index contributed by atoms with van der Waals surface area (Å²) in [4.78, 5) is 11.3. The van der Waals surface area contributed by atoms with Crippen molar-refractivity contribution >= 4 is 5.91 Å². The van der Waals surface area contributed by atoms with Crippen LogP contribution in [0.2, 0.25) is 0 Å². The lowest BCUT2D eigenvalue weighted by atomic mass is 10.1. The van der Waals surface area contributed by atoms with Crippen molar-refractivity contribution in [1.82, 2.24) is 20.3 Å². The monoisotopic (exact) mass is 214 g/mol. The molecule has 1 heterocycles. The van der Waals surface area contributed by atoms with E-state index in [0.29, 0.717) is 0 Å². The van der Waals surface area contributed by atoms with Crippen LogP contribution >= 0.6 is 0 Å². The number of amides is 1. The molecule has 1 amide bonds. The number of nitrogens with one attached hydrogen (secondary N) is 1. The first-order valence-corrected chi connectivity index (χ1v) is 4.47. The summed E-state index contributed by atoms with van der Waals surface area (Å²) in [6, 6.07) is 0. The van der Waals surface area contributed by atoms with Crippen molar-refractivity contribution in [2.75, 3.05) is 13.2 Å². The molecule has 15 heavy (non-hydrogen) atoms. The largest absolute Gasteiger partial charge is 0.393 e. The van der Waals surface area contributed by atoms with Crippen LogP contribution in [0.25, 0.3) is 0 Å². The van der Waals surface area contributed by atoms with Crippen LogP contribution in [0.3, 0.4) is 0 Å². The fourth-order valence-corrected chi connectivity index (χ4v) is 0.865. The van der Waals surface area contributed by atoms with Crippen molar-refractivity contribution in [3.05, 3.63) is 12.4 Å². The van der Waals surface area contributed by atoms with Crippen molar-refractivity contribution in [2.24, 2.45) is 0 Å². The third-order valence-corrected chi connectivity index (χ3v) is 1.78. The van der Waals surface area contributed by atoms with E-state index in [-0.39, 0.29) is 19.0 Å². The number of hydrogen-bond acceptors (Lipinski definition) is 5. The quantitative estimate of drug-likeness (QED) is 0.533. The van der Waals surface area contributed by atoms with E-state index in [2.05, 4.69) is 15.6 Å². The molecule has 0 aliphatic heterocycles. The van der Waals surface area contributed by atoms with Gasteiger partial charge < -0.3 is 15.5 Å². The Balaban J connectivity index is 2.31. The number of rotatable bonds is 5. The number of carbonyl (C=O) groups is 1. The van der Waals surface area contributed by atoms with Crippen LogP contribution in [0, 0.1) is 0 Å². The summed E-state index contributed by atoms with van der Waals surface area (Å²) >= 11 is 0. The second-order valence-electron chi connectivity index (χ2n) is 3.53. The van der Waals surface area contributed by atoms with Crippen molar-refractivity contribution in [3.8, 4) is 0 Å². The maximum absolute atomic E-state index is 11.3. The lowest BCUT2D eigenvalue weighted by Crippen LogP contribution is -2.44. The zero-order valence-corrected chi connectivity index (χ0v) is 8.42. The highest BCUT2D eigenvalue weighted by atomic mass is 16.3. The van der Waals surface area contributed by atoms with Gasteiger partial charge in [0, 0.05) is 12.7 Å². The predicted octanol–water partition coefficient (Wildman–Crippen LogP) is -1.86. The molecule has 0 saturated heterocycles. The van der Waals surface area contributed by atoms with E-state index in [1.807, 2.05) is 0 Å². The van der Waals surface area contributed by atoms with E-state index in [9.17, 15) is 9.90 Å². The van der Waals surface area contributed by atoms with Crippen LogP contribution in [-0.2, 0) is 11.3 Å². The van der Waals surface area contributed by atoms with Crippen LogP contribution in [-0.4, -0.2) is 49.9 Å². The minimum atomic E-state index is -1.29. The van der Waals surface area contributed by atoms with Crippen LogP contribution in [0.4, 0.5) is 0 Å². The summed E-state index contributed by atoms with van der Waals surface area (Å²) in [7, 11) is 0. The van der Waals surface area contributed by atoms with Gasteiger partial charge in [-0.25, -0.2) is 4.68 Å². The fourth-order valence-electron chi connectivity index (χ4n) is 0.865. The highest BCUT2D eigenvalue weighted by Gasteiger charge is 2.19. The van der Waals surface area contributed by atoms with Crippen molar-refractivity contribution < 1.29 is 15.0 Å². The second kappa shape index (κ2) is 4.85. The molecule has 0 fully saturated rings. The van der Waals surface area contributed by atoms with E-state index in [1.165, 1.54) is 17.8 Å². The molecule has 1 aromatic heterocycles. The molecule has 7 nitrogen and oxygen atoms in total. The number of hydrogen-bond donors (Lipinski definition) is 3. The first-order chi connectivity index (χ1) is 7.03. The smallest absolute Gasteiger partial charge is 0.241 e. The Kier molecular flexibility index (Phi) is 3.75. The topological polar surface area (TPSA) is 100 Å². The molecule has 0 aromatic carbocycles. The molecule has 1 rings (SSSR count). The molecule has 0 spiro atoms. The SMILES string of the molecule is CC(O)(CO)CNC(=O)Cn1ccnn1. The molecule has 0 aliphatic carbocycles. The van der Waals surface area contributed by atoms with Crippen LogP contribution < -0.4 is 5.32 Å². The predicted molar refractivity (Wildman–Crippen MR) is 50.7 cm³/mol. The summed E-state index contributed by atoms with van der Waals surface area (Å²) in [6.45, 7) is 1.07. The van der Waals surface area contributed by atoms with Gasteiger partial charge in [0.05, 0.1) is 12.8 Å². The molecule has 1 atom stereocenters. The van der Waals surface area contributed by atoms with Gasteiger partial charge in [-0.15, -0.1) is 5.10 Å². The van der Waals surface area contributed by atoms with Gasteiger partial charge in [0.25, 0.3) is 0 Å². The highest BCUT2D eigenvalue weighted by Crippen LogP contribution is 1.98. The first-order valence-electron chi connectivity index (χ1n) is 4.47. The van der Waals surface area contributed by atoms with Gasteiger partial charge in [0.2, 0.25) is 5.91 Å². The van der Waals surface area contributed by atoms with Gasteiger partial charge in [-0.3, -0.25) is 4.79 Å². The zero-order chi connectivity index (χ0) is 11.3. The van der Waals surface area contributed by atoms with Crippen LogP contribution in [0.1, 0.15) is 6.92 Å². The number of aliphatic hydroxyl groups excluding tert-OH is 1.